The van der Waals surface area contributed by atoms with E-state index in [0.717, 1.165) is 27.8 Å². The van der Waals surface area contributed by atoms with E-state index >= 15 is 0 Å². The highest BCUT2D eigenvalue weighted by Crippen LogP contribution is 2.29. The highest BCUT2D eigenvalue weighted by atomic mass is 35.5. The summed E-state index contributed by atoms with van der Waals surface area (Å²) in [5, 5.41) is 10.9. The maximum Gasteiger partial charge on any atom is 0.0682 e. The first kappa shape index (κ1) is 12.1. The first-order valence-electron chi connectivity index (χ1n) is 5.96. The number of hydrogen-bond acceptors (Lipinski definition) is 2. The molecule has 3 nitrogen and oxygen atoms in total. The van der Waals surface area contributed by atoms with Crippen LogP contribution in [0.1, 0.15) is 5.56 Å². The molecular formula is C15H13ClN2O. The van der Waals surface area contributed by atoms with Crippen molar-refractivity contribution in [2.75, 3.05) is 5.73 Å². The van der Waals surface area contributed by atoms with Crippen LogP contribution in [0.4, 0.5) is 5.69 Å². The Balaban J connectivity index is 2.27. The number of aliphatic hydroxyl groups excluding tert-OH is 1. The minimum atomic E-state index is -0.00842. The molecule has 0 aliphatic carbocycles. The van der Waals surface area contributed by atoms with Gasteiger partial charge in [-0.3, -0.25) is 0 Å². The van der Waals surface area contributed by atoms with Gasteiger partial charge in [0.2, 0.25) is 0 Å². The van der Waals surface area contributed by atoms with E-state index in [2.05, 4.69) is 0 Å². The molecule has 0 amide bonds. The topological polar surface area (TPSA) is 51.2 Å². The molecule has 3 N–H and O–H groups in total. The molecule has 0 radical (unpaired) electrons. The summed E-state index contributed by atoms with van der Waals surface area (Å²) >= 11 is 6.25. The van der Waals surface area contributed by atoms with Crippen molar-refractivity contribution in [3.63, 3.8) is 0 Å². The molecule has 4 heteroatoms. The van der Waals surface area contributed by atoms with Crippen LogP contribution in [-0.4, -0.2) is 9.67 Å². The van der Waals surface area contributed by atoms with Crippen molar-refractivity contribution < 1.29 is 5.11 Å². The lowest BCUT2D eigenvalue weighted by Crippen LogP contribution is -1.96. The average Bonchev–Trinajstić information content (AvgIpc) is 2.85. The molecule has 0 saturated heterocycles. The van der Waals surface area contributed by atoms with Gasteiger partial charge >= 0.3 is 0 Å². The number of rotatable bonds is 2. The summed E-state index contributed by atoms with van der Waals surface area (Å²) in [5.74, 6) is 0. The molecule has 1 aromatic heterocycles. The predicted molar refractivity (Wildman–Crippen MR) is 78.6 cm³/mol. The van der Waals surface area contributed by atoms with Crippen LogP contribution in [0.25, 0.3) is 16.6 Å². The third-order valence-corrected chi connectivity index (χ3v) is 3.54. The van der Waals surface area contributed by atoms with Crippen molar-refractivity contribution in [1.29, 1.82) is 0 Å². The molecule has 3 aromatic rings. The number of aromatic nitrogens is 1. The Morgan fingerprint density at radius 1 is 1.16 bits per heavy atom. The number of hydrogen-bond donors (Lipinski definition) is 2. The van der Waals surface area contributed by atoms with Crippen molar-refractivity contribution in [2.45, 2.75) is 6.61 Å². The van der Waals surface area contributed by atoms with E-state index in [1.807, 2.05) is 47.2 Å². The van der Waals surface area contributed by atoms with E-state index < -0.39 is 0 Å². The summed E-state index contributed by atoms with van der Waals surface area (Å²) in [7, 11) is 0. The van der Waals surface area contributed by atoms with E-state index in [1.54, 1.807) is 6.07 Å². The lowest BCUT2D eigenvalue weighted by atomic mass is 10.2. The molecule has 0 saturated carbocycles. The Hall–Kier alpha value is -1.97. The molecule has 0 bridgehead atoms. The predicted octanol–water partition coefficient (Wildman–Crippen LogP) is 3.36. The van der Waals surface area contributed by atoms with Crippen molar-refractivity contribution in [1.82, 2.24) is 4.57 Å². The average molecular weight is 273 g/mol. The van der Waals surface area contributed by atoms with Crippen molar-refractivity contribution in [2.24, 2.45) is 0 Å². The lowest BCUT2D eigenvalue weighted by molar-refractivity contribution is 0.282. The zero-order chi connectivity index (χ0) is 13.4. The van der Waals surface area contributed by atoms with Gasteiger partial charge in [0, 0.05) is 17.3 Å². The van der Waals surface area contributed by atoms with Crippen LogP contribution >= 0.6 is 11.6 Å². The number of nitrogen functional groups attached to an aromatic ring is 1. The highest BCUT2D eigenvalue weighted by Gasteiger charge is 2.09. The van der Waals surface area contributed by atoms with Crippen LogP contribution in [0.5, 0.6) is 0 Å². The Kier molecular flexibility index (Phi) is 2.93. The third-order valence-electron chi connectivity index (χ3n) is 3.22. The minimum Gasteiger partial charge on any atom is -0.398 e. The van der Waals surface area contributed by atoms with Crippen LogP contribution in [0.3, 0.4) is 0 Å². The van der Waals surface area contributed by atoms with Crippen LogP contribution in [0.15, 0.2) is 48.7 Å². The summed E-state index contributed by atoms with van der Waals surface area (Å²) in [6.45, 7) is -0.00842. The number of halogens is 1. The van der Waals surface area contributed by atoms with Gasteiger partial charge in [-0.1, -0.05) is 23.7 Å². The monoisotopic (exact) mass is 272 g/mol. The van der Waals surface area contributed by atoms with Gasteiger partial charge in [0.1, 0.15) is 0 Å². The van der Waals surface area contributed by atoms with Gasteiger partial charge in [0.15, 0.2) is 0 Å². The van der Waals surface area contributed by atoms with Crippen molar-refractivity contribution in [3.8, 4) is 5.69 Å². The fourth-order valence-electron chi connectivity index (χ4n) is 2.24. The molecular weight excluding hydrogens is 260 g/mol. The summed E-state index contributed by atoms with van der Waals surface area (Å²) in [6.07, 6.45) is 1.93. The number of nitrogens with zero attached hydrogens (tertiary/aromatic N) is 1. The molecule has 0 aliphatic rings. The minimum absolute atomic E-state index is 0.00842. The second-order valence-electron chi connectivity index (χ2n) is 4.41. The molecule has 19 heavy (non-hydrogen) atoms. The van der Waals surface area contributed by atoms with E-state index in [0.29, 0.717) is 5.02 Å². The van der Waals surface area contributed by atoms with E-state index in [4.69, 9.17) is 17.3 Å². The van der Waals surface area contributed by atoms with E-state index in [9.17, 15) is 5.11 Å². The summed E-state index contributed by atoms with van der Waals surface area (Å²) in [6, 6.07) is 13.2. The smallest absolute Gasteiger partial charge is 0.0682 e. The molecule has 0 aliphatic heterocycles. The van der Waals surface area contributed by atoms with Crippen LogP contribution in [-0.2, 0) is 6.61 Å². The summed E-state index contributed by atoms with van der Waals surface area (Å²) in [4.78, 5) is 0. The SMILES string of the molecule is Nc1cccc2c1ccn2-c1cc(CO)ccc1Cl. The standard InChI is InChI=1S/C15H13ClN2O/c16-12-5-4-10(9-19)8-15(12)18-7-6-11-13(17)2-1-3-14(11)18/h1-8,19H,9,17H2. The largest absolute Gasteiger partial charge is 0.398 e. The number of fused-ring (bicyclic) bond motifs is 1. The van der Waals surface area contributed by atoms with Gasteiger partial charge in [0.05, 0.1) is 22.8 Å². The van der Waals surface area contributed by atoms with Gasteiger partial charge in [0.25, 0.3) is 0 Å². The molecule has 0 fully saturated rings. The number of aliphatic hydroxyl groups is 1. The molecule has 3 rings (SSSR count). The lowest BCUT2D eigenvalue weighted by Gasteiger charge is -2.10. The van der Waals surface area contributed by atoms with Crippen molar-refractivity contribution in [3.05, 3.63) is 59.2 Å². The maximum atomic E-state index is 9.24. The van der Waals surface area contributed by atoms with Crippen LogP contribution in [0.2, 0.25) is 5.02 Å². The van der Waals surface area contributed by atoms with E-state index in [1.165, 1.54) is 0 Å². The van der Waals surface area contributed by atoms with Gasteiger partial charge in [-0.15, -0.1) is 0 Å². The zero-order valence-electron chi connectivity index (χ0n) is 10.2. The van der Waals surface area contributed by atoms with E-state index in [-0.39, 0.29) is 6.61 Å². The molecule has 0 unspecified atom stereocenters. The Labute approximate surface area is 115 Å². The van der Waals surface area contributed by atoms with Crippen LogP contribution < -0.4 is 5.73 Å². The first-order valence-corrected chi connectivity index (χ1v) is 6.33. The molecule has 2 aromatic carbocycles. The number of anilines is 1. The quantitative estimate of drug-likeness (QED) is 0.703. The Bertz CT molecular complexity index is 749. The van der Waals surface area contributed by atoms with Crippen LogP contribution in [0, 0.1) is 0 Å². The number of benzene rings is 2. The Morgan fingerprint density at radius 2 is 2.00 bits per heavy atom. The number of nitrogens with two attached hydrogens (primary N) is 1. The third kappa shape index (κ3) is 1.97. The fraction of sp³-hybridized carbons (Fsp3) is 0.0667. The Morgan fingerprint density at radius 3 is 2.79 bits per heavy atom. The molecule has 96 valence electrons. The van der Waals surface area contributed by atoms with Gasteiger partial charge in [-0.05, 0) is 35.9 Å². The van der Waals surface area contributed by atoms with Gasteiger partial charge in [-0.2, -0.15) is 0 Å². The maximum absolute atomic E-state index is 9.24. The summed E-state index contributed by atoms with van der Waals surface area (Å²) in [5.41, 5.74) is 9.36. The highest BCUT2D eigenvalue weighted by molar-refractivity contribution is 6.32. The second-order valence-corrected chi connectivity index (χ2v) is 4.82. The molecule has 1 heterocycles. The molecule has 0 spiro atoms. The fourth-order valence-corrected chi connectivity index (χ4v) is 2.45. The van der Waals surface area contributed by atoms with Crippen molar-refractivity contribution >= 4 is 28.2 Å². The summed E-state index contributed by atoms with van der Waals surface area (Å²) < 4.78 is 1.98. The normalized spacial score (nSPS) is 11.1. The van der Waals surface area contributed by atoms with Gasteiger partial charge in [-0.25, -0.2) is 0 Å². The zero-order valence-corrected chi connectivity index (χ0v) is 10.9. The first-order chi connectivity index (χ1) is 9.20. The molecule has 0 atom stereocenters. The van der Waals surface area contributed by atoms with Gasteiger partial charge < -0.3 is 15.4 Å². The second kappa shape index (κ2) is 4.61.